The standard InChI is InChI=1S/C22H35N7O2/c1-6-23-21(26-16-22(2,31)19-14-27-29(5)15-19)25-13-17-8-7-9-18(12-17)20(30)24-10-11-28(3)4/h7-9,12,14-15,31H,6,10-11,13,16H2,1-5H3,(H,24,30)(H2,23,25,26). The van der Waals surface area contributed by atoms with Crippen LogP contribution in [-0.4, -0.2) is 71.9 Å². The second-order valence-electron chi connectivity index (χ2n) is 7.98. The number of hydrogen-bond donors (Lipinski definition) is 4. The predicted octanol–water partition coefficient (Wildman–Crippen LogP) is 0.674. The lowest BCUT2D eigenvalue weighted by molar-refractivity contribution is 0.0616. The van der Waals surface area contributed by atoms with Crippen molar-refractivity contribution in [3.8, 4) is 0 Å². The van der Waals surface area contributed by atoms with Crippen molar-refractivity contribution in [2.75, 3.05) is 40.3 Å². The molecular formula is C22H35N7O2. The number of aromatic nitrogens is 2. The lowest BCUT2D eigenvalue weighted by Crippen LogP contribution is -2.44. The van der Waals surface area contributed by atoms with Gasteiger partial charge in [-0.2, -0.15) is 5.10 Å². The summed E-state index contributed by atoms with van der Waals surface area (Å²) in [5.41, 5.74) is 1.18. The van der Waals surface area contributed by atoms with E-state index in [9.17, 15) is 9.90 Å². The smallest absolute Gasteiger partial charge is 0.251 e. The zero-order valence-electron chi connectivity index (χ0n) is 19.1. The first-order valence-electron chi connectivity index (χ1n) is 10.5. The van der Waals surface area contributed by atoms with Crippen LogP contribution in [0.3, 0.4) is 0 Å². The Morgan fingerprint density at radius 2 is 2.06 bits per heavy atom. The third-order valence-corrected chi connectivity index (χ3v) is 4.72. The summed E-state index contributed by atoms with van der Waals surface area (Å²) in [5.74, 6) is 0.498. The highest BCUT2D eigenvalue weighted by molar-refractivity contribution is 5.94. The minimum Gasteiger partial charge on any atom is -0.383 e. The lowest BCUT2D eigenvalue weighted by atomic mass is 10.00. The van der Waals surface area contributed by atoms with E-state index in [-0.39, 0.29) is 12.5 Å². The molecule has 0 aliphatic rings. The Bertz CT molecular complexity index is 874. The maximum absolute atomic E-state index is 12.3. The number of nitrogens with one attached hydrogen (secondary N) is 3. The van der Waals surface area contributed by atoms with Crippen LogP contribution in [0.25, 0.3) is 0 Å². The molecule has 0 spiro atoms. The summed E-state index contributed by atoms with van der Waals surface area (Å²) in [6, 6.07) is 7.45. The highest BCUT2D eigenvalue weighted by Crippen LogP contribution is 2.18. The van der Waals surface area contributed by atoms with E-state index in [0.29, 0.717) is 31.2 Å². The van der Waals surface area contributed by atoms with Crippen LogP contribution < -0.4 is 16.0 Å². The van der Waals surface area contributed by atoms with Gasteiger partial charge < -0.3 is 26.0 Å². The van der Waals surface area contributed by atoms with E-state index in [4.69, 9.17) is 0 Å². The molecule has 0 aliphatic carbocycles. The van der Waals surface area contributed by atoms with Crippen molar-refractivity contribution >= 4 is 11.9 Å². The van der Waals surface area contributed by atoms with E-state index >= 15 is 0 Å². The molecule has 31 heavy (non-hydrogen) atoms. The number of aryl methyl sites for hydroxylation is 1. The van der Waals surface area contributed by atoms with Gasteiger partial charge in [0.2, 0.25) is 0 Å². The van der Waals surface area contributed by atoms with Gasteiger partial charge in [-0.05, 0) is 45.6 Å². The first-order valence-corrected chi connectivity index (χ1v) is 10.5. The Labute approximate surface area is 184 Å². The molecule has 1 atom stereocenters. The van der Waals surface area contributed by atoms with Gasteiger partial charge in [-0.1, -0.05) is 12.1 Å². The monoisotopic (exact) mass is 429 g/mol. The quantitative estimate of drug-likeness (QED) is 0.327. The van der Waals surface area contributed by atoms with Gasteiger partial charge >= 0.3 is 0 Å². The summed E-state index contributed by atoms with van der Waals surface area (Å²) in [6.07, 6.45) is 3.45. The minimum atomic E-state index is -1.09. The molecule has 0 radical (unpaired) electrons. The fourth-order valence-corrected chi connectivity index (χ4v) is 2.88. The van der Waals surface area contributed by atoms with Gasteiger partial charge in [-0.25, -0.2) is 4.99 Å². The summed E-state index contributed by atoms with van der Waals surface area (Å²) in [6.45, 7) is 6.47. The van der Waals surface area contributed by atoms with Crippen LogP contribution in [0, 0.1) is 0 Å². The molecule has 170 valence electrons. The van der Waals surface area contributed by atoms with E-state index in [1.54, 1.807) is 30.1 Å². The first-order chi connectivity index (χ1) is 14.7. The Morgan fingerprint density at radius 3 is 2.71 bits per heavy atom. The Hall–Kier alpha value is -2.91. The summed E-state index contributed by atoms with van der Waals surface area (Å²) in [5, 5.41) is 24.2. The van der Waals surface area contributed by atoms with Crippen LogP contribution in [0.15, 0.2) is 41.7 Å². The summed E-state index contributed by atoms with van der Waals surface area (Å²) in [4.78, 5) is 19.0. The third kappa shape index (κ3) is 8.03. The molecule has 1 aromatic heterocycles. The largest absolute Gasteiger partial charge is 0.383 e. The molecule has 1 heterocycles. The van der Waals surface area contributed by atoms with Gasteiger partial charge in [-0.15, -0.1) is 0 Å². The zero-order chi connectivity index (χ0) is 22.9. The molecule has 9 nitrogen and oxygen atoms in total. The molecule has 9 heteroatoms. The number of carbonyl (C=O) groups excluding carboxylic acids is 1. The maximum Gasteiger partial charge on any atom is 0.251 e. The van der Waals surface area contributed by atoms with E-state index in [0.717, 1.165) is 17.7 Å². The predicted molar refractivity (Wildman–Crippen MR) is 123 cm³/mol. The highest BCUT2D eigenvalue weighted by atomic mass is 16.3. The zero-order valence-corrected chi connectivity index (χ0v) is 19.1. The molecule has 0 aliphatic heterocycles. The number of likely N-dealkylation sites (N-methyl/N-ethyl adjacent to an activating group) is 1. The second-order valence-corrected chi connectivity index (χ2v) is 7.98. The second kappa shape index (κ2) is 11.5. The fourth-order valence-electron chi connectivity index (χ4n) is 2.88. The Morgan fingerprint density at radius 1 is 1.29 bits per heavy atom. The molecule has 0 bridgehead atoms. The van der Waals surface area contributed by atoms with Crippen LogP contribution in [0.2, 0.25) is 0 Å². The van der Waals surface area contributed by atoms with E-state index < -0.39 is 5.60 Å². The van der Waals surface area contributed by atoms with Gasteiger partial charge in [0.25, 0.3) is 5.91 Å². The number of aliphatic hydroxyl groups is 1. The van der Waals surface area contributed by atoms with Crippen LogP contribution in [0.1, 0.15) is 35.3 Å². The highest BCUT2D eigenvalue weighted by Gasteiger charge is 2.25. The number of nitrogens with zero attached hydrogens (tertiary/aromatic N) is 4. The summed E-state index contributed by atoms with van der Waals surface area (Å²) >= 11 is 0. The summed E-state index contributed by atoms with van der Waals surface area (Å²) in [7, 11) is 5.75. The van der Waals surface area contributed by atoms with Gasteiger partial charge in [0.05, 0.1) is 19.3 Å². The van der Waals surface area contributed by atoms with Crippen molar-refractivity contribution in [1.29, 1.82) is 0 Å². The normalized spacial score (nSPS) is 13.7. The minimum absolute atomic E-state index is 0.0924. The average Bonchev–Trinajstić information content (AvgIpc) is 3.17. The fraction of sp³-hybridized carbons (Fsp3) is 0.500. The molecule has 2 rings (SSSR count). The third-order valence-electron chi connectivity index (χ3n) is 4.72. The van der Waals surface area contributed by atoms with E-state index in [1.165, 1.54) is 0 Å². The van der Waals surface area contributed by atoms with Crippen molar-refractivity contribution in [3.63, 3.8) is 0 Å². The van der Waals surface area contributed by atoms with Crippen LogP contribution in [0.4, 0.5) is 0 Å². The van der Waals surface area contributed by atoms with E-state index in [2.05, 4.69) is 26.0 Å². The van der Waals surface area contributed by atoms with Crippen LogP contribution in [0.5, 0.6) is 0 Å². The Kier molecular flexibility index (Phi) is 9.02. The number of aliphatic imine (C=N–C) groups is 1. The average molecular weight is 430 g/mol. The van der Waals surface area contributed by atoms with Crippen molar-refractivity contribution in [2.45, 2.75) is 26.0 Å². The number of benzene rings is 1. The lowest BCUT2D eigenvalue weighted by Gasteiger charge is -2.23. The molecule has 4 N–H and O–H groups in total. The van der Waals surface area contributed by atoms with Gasteiger partial charge in [-0.3, -0.25) is 9.48 Å². The number of carbonyl (C=O) groups is 1. The molecule has 0 fully saturated rings. The van der Waals surface area contributed by atoms with Crippen molar-refractivity contribution < 1.29 is 9.90 Å². The van der Waals surface area contributed by atoms with E-state index in [1.807, 2.05) is 51.2 Å². The van der Waals surface area contributed by atoms with Crippen LogP contribution in [-0.2, 0) is 19.2 Å². The molecule has 2 aromatic rings. The summed E-state index contributed by atoms with van der Waals surface area (Å²) < 4.78 is 1.66. The maximum atomic E-state index is 12.3. The molecule has 0 saturated carbocycles. The number of amides is 1. The van der Waals surface area contributed by atoms with Gasteiger partial charge in [0.1, 0.15) is 5.60 Å². The Balaban J connectivity index is 1.99. The molecule has 1 amide bonds. The molecule has 1 unspecified atom stereocenters. The SMILES string of the molecule is CCNC(=NCc1cccc(C(=O)NCCN(C)C)c1)NCC(C)(O)c1cnn(C)c1. The number of guanidine groups is 1. The van der Waals surface area contributed by atoms with Crippen molar-refractivity contribution in [3.05, 3.63) is 53.3 Å². The number of hydrogen-bond acceptors (Lipinski definition) is 5. The van der Waals surface area contributed by atoms with Crippen molar-refractivity contribution in [1.82, 2.24) is 30.6 Å². The van der Waals surface area contributed by atoms with Gasteiger partial charge in [0.15, 0.2) is 5.96 Å². The molecule has 1 aromatic carbocycles. The molecule has 0 saturated heterocycles. The first kappa shape index (κ1) is 24.4. The topological polar surface area (TPSA) is 107 Å². The molecular weight excluding hydrogens is 394 g/mol. The number of rotatable bonds is 10. The van der Waals surface area contributed by atoms with Crippen LogP contribution >= 0.6 is 0 Å². The van der Waals surface area contributed by atoms with Gasteiger partial charge in [0, 0.05) is 44.0 Å². The van der Waals surface area contributed by atoms with Crippen molar-refractivity contribution in [2.24, 2.45) is 12.0 Å².